The summed E-state index contributed by atoms with van der Waals surface area (Å²) in [6.07, 6.45) is 4.53. The van der Waals surface area contributed by atoms with Crippen molar-refractivity contribution in [2.24, 2.45) is 0 Å². The summed E-state index contributed by atoms with van der Waals surface area (Å²) < 4.78 is 0. The van der Waals surface area contributed by atoms with Crippen molar-refractivity contribution in [3.8, 4) is 0 Å². The number of fused-ring (bicyclic) bond motifs is 2. The first-order chi connectivity index (χ1) is 16.1. The van der Waals surface area contributed by atoms with Crippen LogP contribution in [0.2, 0.25) is 0 Å². The Morgan fingerprint density at radius 2 is 1.76 bits per heavy atom. The summed E-state index contributed by atoms with van der Waals surface area (Å²) in [6.45, 7) is 4.17. The van der Waals surface area contributed by atoms with Gasteiger partial charge in [0, 0.05) is 12.0 Å². The average Bonchev–Trinajstić information content (AvgIpc) is 3.09. The van der Waals surface area contributed by atoms with Crippen LogP contribution in [0.5, 0.6) is 0 Å². The van der Waals surface area contributed by atoms with Crippen molar-refractivity contribution in [1.29, 1.82) is 0 Å². The van der Waals surface area contributed by atoms with Gasteiger partial charge in [0.2, 0.25) is 5.91 Å². The molecule has 170 valence electrons. The summed E-state index contributed by atoms with van der Waals surface area (Å²) in [7, 11) is 0. The molecule has 2 fully saturated rings. The zero-order chi connectivity index (χ0) is 22.9. The lowest BCUT2D eigenvalue weighted by molar-refractivity contribution is -0.121. The Hall–Kier alpha value is -3.28. The number of rotatable bonds is 4. The molecule has 0 aliphatic carbocycles. The molecular formula is C27H30N4O2. The SMILES string of the molecule is CCc1nc2ccc(C(=O)N3[C@@H](c4ccccc4)C[C@@H]4NC(=O)CCC[C@H]43)cc2nc1CC. The number of nitrogens with one attached hydrogen (secondary N) is 1. The number of likely N-dealkylation sites (tertiary alicyclic amines) is 1. The van der Waals surface area contributed by atoms with Crippen LogP contribution >= 0.6 is 0 Å². The summed E-state index contributed by atoms with van der Waals surface area (Å²) in [5.74, 6) is 0.0808. The van der Waals surface area contributed by atoms with Gasteiger partial charge in [-0.05, 0) is 55.9 Å². The normalized spacial score (nSPS) is 22.7. The Morgan fingerprint density at radius 1 is 1.03 bits per heavy atom. The van der Waals surface area contributed by atoms with Gasteiger partial charge in [-0.1, -0.05) is 44.2 Å². The Balaban J connectivity index is 1.55. The van der Waals surface area contributed by atoms with Crippen LogP contribution in [0, 0.1) is 0 Å². The Morgan fingerprint density at radius 3 is 2.48 bits per heavy atom. The van der Waals surface area contributed by atoms with Crippen molar-refractivity contribution in [2.75, 3.05) is 0 Å². The Kier molecular flexibility index (Phi) is 5.83. The van der Waals surface area contributed by atoms with Crippen molar-refractivity contribution in [2.45, 2.75) is 70.5 Å². The minimum Gasteiger partial charge on any atom is -0.351 e. The lowest BCUT2D eigenvalue weighted by Gasteiger charge is -2.31. The third-order valence-corrected chi connectivity index (χ3v) is 7.04. The molecule has 1 N–H and O–H groups in total. The largest absolute Gasteiger partial charge is 0.351 e. The van der Waals surface area contributed by atoms with Crippen LogP contribution in [-0.4, -0.2) is 38.8 Å². The molecule has 3 heterocycles. The van der Waals surface area contributed by atoms with E-state index >= 15 is 0 Å². The highest BCUT2D eigenvalue weighted by molar-refractivity contribution is 5.98. The minimum atomic E-state index is -0.0671. The fourth-order valence-electron chi connectivity index (χ4n) is 5.42. The van der Waals surface area contributed by atoms with E-state index in [-0.39, 0.29) is 29.9 Å². The van der Waals surface area contributed by atoms with Gasteiger partial charge in [0.05, 0.1) is 40.5 Å². The lowest BCUT2D eigenvalue weighted by atomic mass is 10.0. The van der Waals surface area contributed by atoms with Crippen molar-refractivity contribution in [3.63, 3.8) is 0 Å². The number of aryl methyl sites for hydroxylation is 2. The van der Waals surface area contributed by atoms with Gasteiger partial charge in [-0.2, -0.15) is 0 Å². The second kappa shape index (κ2) is 8.93. The molecule has 3 atom stereocenters. The van der Waals surface area contributed by atoms with E-state index in [1.165, 1.54) is 0 Å². The van der Waals surface area contributed by atoms with E-state index in [1.54, 1.807) is 0 Å². The number of carbonyl (C=O) groups is 2. The molecule has 2 aliphatic heterocycles. The molecule has 2 aliphatic rings. The van der Waals surface area contributed by atoms with Gasteiger partial charge in [0.1, 0.15) is 0 Å². The van der Waals surface area contributed by atoms with Crippen LogP contribution in [0.15, 0.2) is 48.5 Å². The molecule has 2 aromatic carbocycles. The standard InChI is InChI=1S/C27H30N4O2/c1-3-19-20(4-2)29-22-15-18(13-14-21(22)28-19)27(33)31-24-11-8-12-26(32)30-23(24)16-25(31)17-9-6-5-7-10-17/h5-7,9-10,13-15,23-25H,3-4,8,11-12,16H2,1-2H3,(H,30,32)/t23-,24+,25+/m0/s1. The summed E-state index contributed by atoms with van der Waals surface area (Å²) in [5.41, 5.74) is 5.32. The molecule has 6 nitrogen and oxygen atoms in total. The number of hydrogen-bond donors (Lipinski definition) is 1. The second-order valence-electron chi connectivity index (χ2n) is 9.04. The van der Waals surface area contributed by atoms with Crippen LogP contribution in [0.25, 0.3) is 11.0 Å². The van der Waals surface area contributed by atoms with E-state index in [0.29, 0.717) is 12.0 Å². The van der Waals surface area contributed by atoms with Crippen molar-refractivity contribution >= 4 is 22.8 Å². The highest BCUT2D eigenvalue weighted by atomic mass is 16.2. The van der Waals surface area contributed by atoms with Crippen LogP contribution in [0.3, 0.4) is 0 Å². The molecular weight excluding hydrogens is 412 g/mol. The fourth-order valence-corrected chi connectivity index (χ4v) is 5.42. The maximum absolute atomic E-state index is 14.0. The van der Waals surface area contributed by atoms with Crippen LogP contribution in [0.1, 0.15) is 72.9 Å². The molecule has 3 aromatic rings. The topological polar surface area (TPSA) is 75.2 Å². The maximum atomic E-state index is 14.0. The van der Waals surface area contributed by atoms with E-state index in [4.69, 9.17) is 9.97 Å². The zero-order valence-corrected chi connectivity index (χ0v) is 19.3. The number of nitrogens with zero attached hydrogens (tertiary/aromatic N) is 3. The highest BCUT2D eigenvalue weighted by Gasteiger charge is 2.45. The van der Waals surface area contributed by atoms with E-state index < -0.39 is 0 Å². The van der Waals surface area contributed by atoms with Gasteiger partial charge in [0.15, 0.2) is 0 Å². The first-order valence-corrected chi connectivity index (χ1v) is 12.1. The van der Waals surface area contributed by atoms with Crippen molar-refractivity contribution < 1.29 is 9.59 Å². The van der Waals surface area contributed by atoms with Gasteiger partial charge >= 0.3 is 0 Å². The van der Waals surface area contributed by atoms with Crippen molar-refractivity contribution in [1.82, 2.24) is 20.2 Å². The smallest absolute Gasteiger partial charge is 0.254 e. The van der Waals surface area contributed by atoms with Gasteiger partial charge in [-0.25, -0.2) is 9.97 Å². The number of hydrogen-bond acceptors (Lipinski definition) is 4. The quantitative estimate of drug-likeness (QED) is 0.651. The zero-order valence-electron chi connectivity index (χ0n) is 19.3. The van der Waals surface area contributed by atoms with Gasteiger partial charge in [-0.15, -0.1) is 0 Å². The number of carbonyl (C=O) groups excluding carboxylic acids is 2. The first-order valence-electron chi connectivity index (χ1n) is 12.1. The summed E-state index contributed by atoms with van der Waals surface area (Å²) >= 11 is 0. The molecule has 5 rings (SSSR count). The van der Waals surface area contributed by atoms with E-state index in [1.807, 2.05) is 41.3 Å². The molecule has 2 saturated heterocycles. The molecule has 0 saturated carbocycles. The molecule has 0 spiro atoms. The first kappa shape index (κ1) is 21.6. The maximum Gasteiger partial charge on any atom is 0.254 e. The monoisotopic (exact) mass is 442 g/mol. The average molecular weight is 443 g/mol. The van der Waals surface area contributed by atoms with Gasteiger partial charge < -0.3 is 10.2 Å². The third kappa shape index (κ3) is 3.99. The molecule has 1 aromatic heterocycles. The van der Waals surface area contributed by atoms with E-state index in [9.17, 15) is 9.59 Å². The summed E-state index contributed by atoms with van der Waals surface area (Å²) in [4.78, 5) is 37.8. The summed E-state index contributed by atoms with van der Waals surface area (Å²) in [6, 6.07) is 15.7. The van der Waals surface area contributed by atoms with Crippen LogP contribution in [0.4, 0.5) is 0 Å². The molecule has 33 heavy (non-hydrogen) atoms. The predicted octanol–water partition coefficient (Wildman–Crippen LogP) is 4.38. The highest BCUT2D eigenvalue weighted by Crippen LogP contribution is 2.40. The lowest BCUT2D eigenvalue weighted by Crippen LogP contribution is -2.45. The van der Waals surface area contributed by atoms with E-state index in [0.717, 1.165) is 60.1 Å². The number of amides is 2. The minimum absolute atomic E-state index is 0.00572. The van der Waals surface area contributed by atoms with Gasteiger partial charge in [0.25, 0.3) is 5.91 Å². The molecule has 0 bridgehead atoms. The summed E-state index contributed by atoms with van der Waals surface area (Å²) in [5, 5.41) is 3.18. The van der Waals surface area contributed by atoms with Gasteiger partial charge in [-0.3, -0.25) is 9.59 Å². The van der Waals surface area contributed by atoms with Crippen LogP contribution in [-0.2, 0) is 17.6 Å². The Bertz CT molecular complexity index is 1190. The fraction of sp³-hybridized carbons (Fsp3) is 0.407. The number of benzene rings is 2. The van der Waals surface area contributed by atoms with E-state index in [2.05, 4.69) is 31.3 Å². The second-order valence-corrected chi connectivity index (χ2v) is 9.04. The third-order valence-electron chi connectivity index (χ3n) is 7.04. The van der Waals surface area contributed by atoms with Crippen molar-refractivity contribution in [3.05, 3.63) is 71.0 Å². The molecule has 2 amide bonds. The number of aromatic nitrogens is 2. The molecule has 6 heteroatoms. The predicted molar refractivity (Wildman–Crippen MR) is 128 cm³/mol. The molecule has 0 unspecified atom stereocenters. The van der Waals surface area contributed by atoms with Crippen LogP contribution < -0.4 is 5.32 Å². The Labute approximate surface area is 194 Å². The molecule has 0 radical (unpaired) electrons.